The summed E-state index contributed by atoms with van der Waals surface area (Å²) in [5.41, 5.74) is 9.72. The number of aromatic nitrogens is 1. The van der Waals surface area contributed by atoms with Crippen LogP contribution >= 0.6 is 15.9 Å². The lowest BCUT2D eigenvalue weighted by Gasteiger charge is -2.13. The minimum absolute atomic E-state index is 0.128. The van der Waals surface area contributed by atoms with Crippen LogP contribution in [-0.4, -0.2) is 4.98 Å². The van der Waals surface area contributed by atoms with Crippen molar-refractivity contribution >= 4 is 26.8 Å². The van der Waals surface area contributed by atoms with Gasteiger partial charge >= 0.3 is 0 Å². The maximum atomic E-state index is 6.38. The van der Waals surface area contributed by atoms with E-state index >= 15 is 0 Å². The van der Waals surface area contributed by atoms with E-state index in [0.717, 1.165) is 21.1 Å². The summed E-state index contributed by atoms with van der Waals surface area (Å²) < 4.78 is 1.04. The van der Waals surface area contributed by atoms with Crippen molar-refractivity contribution in [2.24, 2.45) is 5.73 Å². The van der Waals surface area contributed by atoms with Gasteiger partial charge in [-0.05, 0) is 23.3 Å². The Bertz CT molecular complexity index is 688. The first-order valence-corrected chi connectivity index (χ1v) is 6.62. The van der Waals surface area contributed by atoms with Gasteiger partial charge in [-0.25, -0.2) is 0 Å². The largest absolute Gasteiger partial charge is 0.361 e. The molecule has 3 aromatic rings. The van der Waals surface area contributed by atoms with E-state index in [0.29, 0.717) is 0 Å². The molecule has 3 N–H and O–H groups in total. The number of aromatic amines is 1. The molecule has 0 saturated carbocycles. The van der Waals surface area contributed by atoms with Crippen LogP contribution in [0.4, 0.5) is 0 Å². The first-order valence-electron chi connectivity index (χ1n) is 5.83. The second-order valence-corrected chi connectivity index (χ2v) is 5.14. The van der Waals surface area contributed by atoms with Crippen LogP contribution < -0.4 is 5.73 Å². The van der Waals surface area contributed by atoms with Gasteiger partial charge in [0, 0.05) is 21.6 Å². The number of nitrogens with one attached hydrogen (secondary N) is 1. The van der Waals surface area contributed by atoms with Crippen LogP contribution in [0.2, 0.25) is 0 Å². The number of para-hydroxylation sites is 1. The number of hydrogen-bond donors (Lipinski definition) is 2. The van der Waals surface area contributed by atoms with Crippen LogP contribution in [0.1, 0.15) is 17.2 Å². The van der Waals surface area contributed by atoms with Crippen LogP contribution in [-0.2, 0) is 0 Å². The Hall–Kier alpha value is -1.58. The van der Waals surface area contributed by atoms with Crippen LogP contribution in [0, 0.1) is 0 Å². The van der Waals surface area contributed by atoms with Crippen LogP contribution in [0.5, 0.6) is 0 Å². The molecule has 18 heavy (non-hydrogen) atoms. The molecule has 90 valence electrons. The van der Waals surface area contributed by atoms with Crippen molar-refractivity contribution in [3.8, 4) is 0 Å². The Balaban J connectivity index is 2.13. The average molecular weight is 301 g/mol. The Morgan fingerprint density at radius 1 is 0.944 bits per heavy atom. The van der Waals surface area contributed by atoms with E-state index in [9.17, 15) is 0 Å². The standard InChI is InChI=1S/C15H13BrN2/c16-13-7-3-1-6-11(13)15(17)12-9-18-14-8-4-2-5-10(12)14/h1-9,15,18H,17H2. The maximum absolute atomic E-state index is 6.38. The molecule has 1 heterocycles. The molecule has 1 atom stereocenters. The highest BCUT2D eigenvalue weighted by molar-refractivity contribution is 9.10. The molecular formula is C15H13BrN2. The van der Waals surface area contributed by atoms with E-state index in [1.54, 1.807) is 0 Å². The third-order valence-electron chi connectivity index (χ3n) is 3.20. The van der Waals surface area contributed by atoms with Crippen molar-refractivity contribution in [1.29, 1.82) is 0 Å². The predicted molar refractivity (Wildman–Crippen MR) is 78.5 cm³/mol. The van der Waals surface area contributed by atoms with E-state index in [1.807, 2.05) is 36.5 Å². The Labute approximate surface area is 114 Å². The SMILES string of the molecule is NC(c1ccccc1Br)c1c[nH]c2ccccc12. The Morgan fingerprint density at radius 2 is 1.67 bits per heavy atom. The van der Waals surface area contributed by atoms with Crippen LogP contribution in [0.3, 0.4) is 0 Å². The highest BCUT2D eigenvalue weighted by atomic mass is 79.9. The number of rotatable bonds is 2. The topological polar surface area (TPSA) is 41.8 Å². The molecule has 3 rings (SSSR count). The van der Waals surface area contributed by atoms with E-state index in [1.165, 1.54) is 5.39 Å². The molecule has 3 heteroatoms. The molecule has 0 fully saturated rings. The third-order valence-corrected chi connectivity index (χ3v) is 3.92. The molecule has 1 unspecified atom stereocenters. The molecule has 0 radical (unpaired) electrons. The smallest absolute Gasteiger partial charge is 0.0584 e. The van der Waals surface area contributed by atoms with Gasteiger partial charge < -0.3 is 10.7 Å². The van der Waals surface area contributed by atoms with Gasteiger partial charge in [-0.2, -0.15) is 0 Å². The fourth-order valence-corrected chi connectivity index (χ4v) is 2.78. The summed E-state index contributed by atoms with van der Waals surface area (Å²) in [7, 11) is 0. The van der Waals surface area contributed by atoms with Crippen molar-refractivity contribution < 1.29 is 0 Å². The summed E-state index contributed by atoms with van der Waals surface area (Å²) in [5.74, 6) is 0. The van der Waals surface area contributed by atoms with E-state index in [4.69, 9.17) is 5.73 Å². The average Bonchev–Trinajstić information content (AvgIpc) is 2.82. The Morgan fingerprint density at radius 3 is 2.50 bits per heavy atom. The second-order valence-electron chi connectivity index (χ2n) is 4.29. The zero-order chi connectivity index (χ0) is 12.5. The van der Waals surface area contributed by atoms with E-state index in [2.05, 4.69) is 39.1 Å². The summed E-state index contributed by atoms with van der Waals surface area (Å²) >= 11 is 3.56. The number of H-pyrrole nitrogens is 1. The first-order chi connectivity index (χ1) is 8.77. The zero-order valence-electron chi connectivity index (χ0n) is 9.73. The van der Waals surface area contributed by atoms with Crippen LogP contribution in [0.15, 0.2) is 59.2 Å². The minimum Gasteiger partial charge on any atom is -0.361 e. The highest BCUT2D eigenvalue weighted by Gasteiger charge is 2.15. The van der Waals surface area contributed by atoms with E-state index in [-0.39, 0.29) is 6.04 Å². The summed E-state index contributed by atoms with van der Waals surface area (Å²) in [6.07, 6.45) is 1.99. The van der Waals surface area contributed by atoms with Gasteiger partial charge in [0.15, 0.2) is 0 Å². The first kappa shape index (κ1) is 11.5. The van der Waals surface area contributed by atoms with Crippen molar-refractivity contribution in [3.05, 3.63) is 70.3 Å². The van der Waals surface area contributed by atoms with Crippen molar-refractivity contribution in [2.45, 2.75) is 6.04 Å². The molecule has 0 aliphatic carbocycles. The van der Waals surface area contributed by atoms with Gasteiger partial charge in [-0.1, -0.05) is 52.3 Å². The van der Waals surface area contributed by atoms with Crippen molar-refractivity contribution in [3.63, 3.8) is 0 Å². The van der Waals surface area contributed by atoms with E-state index < -0.39 is 0 Å². The zero-order valence-corrected chi connectivity index (χ0v) is 11.3. The number of nitrogens with two attached hydrogens (primary N) is 1. The summed E-state index contributed by atoms with van der Waals surface area (Å²) in [6.45, 7) is 0. The number of halogens is 1. The fourth-order valence-electron chi connectivity index (χ4n) is 2.25. The molecule has 1 aromatic heterocycles. The number of benzene rings is 2. The normalized spacial score (nSPS) is 12.8. The molecule has 0 spiro atoms. The molecular weight excluding hydrogens is 288 g/mol. The molecule has 0 saturated heterocycles. The quantitative estimate of drug-likeness (QED) is 0.738. The second kappa shape index (κ2) is 4.59. The van der Waals surface area contributed by atoms with Gasteiger partial charge in [0.1, 0.15) is 0 Å². The summed E-state index contributed by atoms with van der Waals surface area (Å²) in [4.78, 5) is 3.26. The van der Waals surface area contributed by atoms with Gasteiger partial charge in [0.05, 0.1) is 6.04 Å². The van der Waals surface area contributed by atoms with Gasteiger partial charge in [-0.3, -0.25) is 0 Å². The monoisotopic (exact) mass is 300 g/mol. The molecule has 2 aromatic carbocycles. The molecule has 0 aliphatic rings. The van der Waals surface area contributed by atoms with Gasteiger partial charge in [0.2, 0.25) is 0 Å². The van der Waals surface area contributed by atoms with Crippen molar-refractivity contribution in [1.82, 2.24) is 4.98 Å². The lowest BCUT2D eigenvalue weighted by Crippen LogP contribution is -2.11. The third kappa shape index (κ3) is 1.85. The lowest BCUT2D eigenvalue weighted by molar-refractivity contribution is 0.874. The molecule has 0 bridgehead atoms. The number of fused-ring (bicyclic) bond motifs is 1. The Kier molecular flexibility index (Phi) is 2.94. The summed E-state index contributed by atoms with van der Waals surface area (Å²) in [6, 6.07) is 16.2. The lowest BCUT2D eigenvalue weighted by atomic mass is 9.99. The van der Waals surface area contributed by atoms with Crippen LogP contribution in [0.25, 0.3) is 10.9 Å². The molecule has 0 amide bonds. The summed E-state index contributed by atoms with van der Waals surface area (Å²) in [5, 5.41) is 1.18. The molecule has 2 nitrogen and oxygen atoms in total. The fraction of sp³-hybridized carbons (Fsp3) is 0.0667. The highest BCUT2D eigenvalue weighted by Crippen LogP contribution is 2.30. The van der Waals surface area contributed by atoms with Gasteiger partial charge in [-0.15, -0.1) is 0 Å². The maximum Gasteiger partial charge on any atom is 0.0584 e. The van der Waals surface area contributed by atoms with Crippen molar-refractivity contribution in [2.75, 3.05) is 0 Å². The minimum atomic E-state index is -0.128. The molecule has 0 aliphatic heterocycles. The predicted octanol–water partition coefficient (Wildman–Crippen LogP) is 3.98. The number of hydrogen-bond acceptors (Lipinski definition) is 1. The van der Waals surface area contributed by atoms with Gasteiger partial charge in [0.25, 0.3) is 0 Å².